The van der Waals surface area contributed by atoms with Crippen LogP contribution in [0.3, 0.4) is 0 Å². The molecule has 20 heteroatoms. The van der Waals surface area contributed by atoms with Gasteiger partial charge >= 0.3 is 46.9 Å². The normalized spacial score (nSPS) is 14.3. The molecule has 1 aromatic heterocycles. The fourth-order valence-electron chi connectivity index (χ4n) is 7.32. The molecular weight excluding hydrogens is 951 g/mol. The van der Waals surface area contributed by atoms with Crippen LogP contribution in [0.25, 0.3) is 0 Å². The molecule has 0 saturated carbocycles. The van der Waals surface area contributed by atoms with Gasteiger partial charge in [-0.25, -0.2) is 47.3 Å². The van der Waals surface area contributed by atoms with Gasteiger partial charge in [-0.05, 0) is 78.2 Å². The molecule has 0 fully saturated rings. The summed E-state index contributed by atoms with van der Waals surface area (Å²) in [6, 6.07) is 11.6. The lowest BCUT2D eigenvalue weighted by Crippen LogP contribution is -2.55. The van der Waals surface area contributed by atoms with Crippen LogP contribution < -0.4 is 17.1 Å². The third-order valence-corrected chi connectivity index (χ3v) is 11.9. The number of hydrogen-bond donors (Lipinski definition) is 1. The van der Waals surface area contributed by atoms with Crippen LogP contribution in [0.5, 0.6) is 0 Å². The summed E-state index contributed by atoms with van der Waals surface area (Å²) in [5, 5.41) is 9.38. The molecule has 2 aromatic carbocycles. The van der Waals surface area contributed by atoms with Crippen molar-refractivity contribution in [1.82, 2.24) is 13.7 Å². The maximum absolute atomic E-state index is 13.9. The molecule has 1 N–H and O–H groups in total. The number of carbonyl (C=O) groups excluding carboxylic acids is 7. The van der Waals surface area contributed by atoms with Crippen molar-refractivity contribution in [3.8, 4) is 0 Å². The Morgan fingerprint density at radius 1 is 0.699 bits per heavy atom. The number of nitrogens with zero attached hydrogens (tertiary/aromatic N) is 3. The van der Waals surface area contributed by atoms with Gasteiger partial charge in [0.2, 0.25) is 0 Å². The van der Waals surface area contributed by atoms with Crippen LogP contribution >= 0.6 is 0 Å². The molecule has 394 valence electrons. The van der Waals surface area contributed by atoms with Gasteiger partial charge in [0, 0.05) is 24.5 Å². The second kappa shape index (κ2) is 25.4. The monoisotopic (exact) mass is 1020 g/mol. The molecule has 4 rings (SSSR count). The fraction of sp³-hybridized carbons (Fsp3) is 0.472. The topological polar surface area (TPSA) is 261 Å². The summed E-state index contributed by atoms with van der Waals surface area (Å²) < 4.78 is 35.3. The molecule has 0 amide bonds. The summed E-state index contributed by atoms with van der Waals surface area (Å²) in [6.07, 6.45) is 5.03. The highest BCUT2D eigenvalue weighted by Crippen LogP contribution is 2.27. The number of carbonyl (C=O) groups is 7. The van der Waals surface area contributed by atoms with Gasteiger partial charge < -0.3 is 33.5 Å². The molecule has 1 aliphatic rings. The van der Waals surface area contributed by atoms with Crippen molar-refractivity contribution in [1.29, 1.82) is 0 Å². The standard InChI is InChI=1S/C53H65N3O17/c1-11-53(10,32-71-52(8,9)42(59)34(4)5)73-47(64)40-23-17-15-21-38(40)45(62)70-31-27-56-49(66)54(25-29-68-43(60)36-19-13-12-18-35(36)41(58)33(2)3)48(65)55(50(56)67)26-30-69-44(61)37-20-14-16-22-39(37)46(63)72-51(6,7)24-28-57/h12-19,21-23,33,37,57H,4,11,20,24-32H2,1-3,5-10H3. The van der Waals surface area contributed by atoms with Gasteiger partial charge in [-0.1, -0.05) is 75.9 Å². The average molecular weight is 1020 g/mol. The van der Waals surface area contributed by atoms with Gasteiger partial charge in [0.15, 0.2) is 11.6 Å². The van der Waals surface area contributed by atoms with Crippen molar-refractivity contribution >= 4 is 41.4 Å². The average Bonchev–Trinajstić information content (AvgIpc) is 3.35. The lowest BCUT2D eigenvalue weighted by molar-refractivity contribution is -0.157. The molecule has 73 heavy (non-hydrogen) atoms. The Hall–Kier alpha value is -7.32. The third kappa shape index (κ3) is 15.1. The number of aliphatic hydroxyl groups excluding tert-OH is 1. The molecule has 0 radical (unpaired) electrons. The van der Waals surface area contributed by atoms with Crippen molar-refractivity contribution < 1.29 is 67.1 Å². The van der Waals surface area contributed by atoms with Crippen molar-refractivity contribution in [2.45, 2.75) is 118 Å². The first kappa shape index (κ1) is 58.3. The lowest BCUT2D eigenvalue weighted by atomic mass is 9.91. The maximum atomic E-state index is 13.9. The molecule has 0 bridgehead atoms. The molecule has 0 spiro atoms. The summed E-state index contributed by atoms with van der Waals surface area (Å²) >= 11 is 0. The lowest BCUT2D eigenvalue weighted by Gasteiger charge is -2.33. The number of aromatic nitrogens is 3. The molecular formula is C53H65N3O17. The number of esters is 5. The van der Waals surface area contributed by atoms with E-state index in [1.807, 2.05) is 0 Å². The van der Waals surface area contributed by atoms with Gasteiger partial charge in [0.05, 0.1) is 54.4 Å². The molecule has 3 aromatic rings. The van der Waals surface area contributed by atoms with E-state index in [2.05, 4.69) is 6.58 Å². The Balaban J connectivity index is 1.58. The van der Waals surface area contributed by atoms with Gasteiger partial charge in [-0.3, -0.25) is 14.4 Å². The second-order valence-corrected chi connectivity index (χ2v) is 18.9. The highest BCUT2D eigenvalue weighted by Gasteiger charge is 2.37. The van der Waals surface area contributed by atoms with E-state index in [0.717, 1.165) is 0 Å². The summed E-state index contributed by atoms with van der Waals surface area (Å²) in [6.45, 7) is 14.1. The van der Waals surface area contributed by atoms with Crippen LogP contribution in [0.4, 0.5) is 0 Å². The quantitative estimate of drug-likeness (QED) is 0.0493. The van der Waals surface area contributed by atoms with E-state index in [1.165, 1.54) is 48.5 Å². The minimum atomic E-state index is -1.27. The third-order valence-electron chi connectivity index (χ3n) is 11.9. The van der Waals surface area contributed by atoms with Gasteiger partial charge in [-0.15, -0.1) is 0 Å². The van der Waals surface area contributed by atoms with E-state index in [-0.39, 0.29) is 77.4 Å². The number of ether oxygens (including phenoxy) is 6. The Kier molecular flexibility index (Phi) is 20.2. The Labute approximate surface area is 422 Å². The molecule has 0 saturated heterocycles. The highest BCUT2D eigenvalue weighted by atomic mass is 16.6. The van der Waals surface area contributed by atoms with Crippen molar-refractivity contribution in [2.24, 2.45) is 11.8 Å². The van der Waals surface area contributed by atoms with Crippen LogP contribution in [0.2, 0.25) is 0 Å². The number of hydrogen-bond acceptors (Lipinski definition) is 17. The van der Waals surface area contributed by atoms with Crippen molar-refractivity contribution in [3.05, 3.63) is 138 Å². The van der Waals surface area contributed by atoms with E-state index in [1.54, 1.807) is 80.5 Å². The van der Waals surface area contributed by atoms with Gasteiger partial charge in [0.25, 0.3) is 0 Å². The number of rotatable bonds is 26. The molecule has 2 unspecified atom stereocenters. The predicted octanol–water partition coefficient (Wildman–Crippen LogP) is 4.74. The Bertz CT molecular complexity index is 2840. The van der Waals surface area contributed by atoms with E-state index >= 15 is 0 Å². The smallest absolute Gasteiger partial charge is 0.339 e. The van der Waals surface area contributed by atoms with Crippen molar-refractivity contribution in [2.75, 3.05) is 33.0 Å². The minimum absolute atomic E-state index is 0.0201. The highest BCUT2D eigenvalue weighted by molar-refractivity contribution is 6.07. The largest absolute Gasteiger partial charge is 0.463 e. The van der Waals surface area contributed by atoms with E-state index < -0.39 is 115 Å². The first-order valence-electron chi connectivity index (χ1n) is 23.8. The second-order valence-electron chi connectivity index (χ2n) is 18.9. The summed E-state index contributed by atoms with van der Waals surface area (Å²) in [7, 11) is 0. The summed E-state index contributed by atoms with van der Waals surface area (Å²) in [4.78, 5) is 134. The van der Waals surface area contributed by atoms with Crippen LogP contribution in [0.15, 0.2) is 98.9 Å². The number of allylic oxidation sites excluding steroid dienone is 3. The number of Topliss-reactive ketones (excluding diaryl/α,β-unsaturated/α-hetero) is 2. The molecule has 0 aliphatic heterocycles. The Morgan fingerprint density at radius 2 is 1.16 bits per heavy atom. The summed E-state index contributed by atoms with van der Waals surface area (Å²) in [5.74, 6) is -6.82. The molecule has 20 nitrogen and oxygen atoms in total. The van der Waals surface area contributed by atoms with Crippen LogP contribution in [-0.2, 0) is 62.4 Å². The van der Waals surface area contributed by atoms with Gasteiger partial charge in [-0.2, -0.15) is 0 Å². The zero-order valence-corrected chi connectivity index (χ0v) is 42.8. The number of ketones is 2. The van der Waals surface area contributed by atoms with Crippen LogP contribution in [-0.4, -0.2) is 110 Å². The molecule has 1 heterocycles. The van der Waals surface area contributed by atoms with E-state index in [0.29, 0.717) is 13.7 Å². The molecule has 1 aliphatic carbocycles. The van der Waals surface area contributed by atoms with Gasteiger partial charge in [0.1, 0.15) is 36.6 Å². The number of aliphatic hydroxyl groups is 1. The van der Waals surface area contributed by atoms with Crippen molar-refractivity contribution in [3.63, 3.8) is 0 Å². The van der Waals surface area contributed by atoms with Crippen LogP contribution in [0, 0.1) is 11.8 Å². The zero-order chi connectivity index (χ0) is 54.4. The van der Waals surface area contributed by atoms with Crippen LogP contribution in [0.1, 0.15) is 123 Å². The SMILES string of the molecule is C=C(C)C(=O)C(C)(C)OCC(C)(CC)OC(=O)c1ccccc1C(=O)OCCn1c(=O)n(CCOC(=O)c2ccccc2C(=O)C(C)C)c(=O)n(CCOC(=O)C2CC=CC=C2C(=O)OC(C)(C)CCO)c1=O. The fourth-order valence-corrected chi connectivity index (χ4v) is 7.32. The minimum Gasteiger partial charge on any atom is -0.463 e. The molecule has 2 atom stereocenters. The first-order chi connectivity index (χ1) is 34.3. The Morgan fingerprint density at radius 3 is 1.63 bits per heavy atom. The predicted molar refractivity (Wildman–Crippen MR) is 264 cm³/mol. The van der Waals surface area contributed by atoms with E-state index in [9.17, 15) is 53.1 Å². The number of benzene rings is 2. The zero-order valence-electron chi connectivity index (χ0n) is 42.8. The summed E-state index contributed by atoms with van der Waals surface area (Å²) in [5.41, 5.74) is -7.23. The van der Waals surface area contributed by atoms with E-state index in [4.69, 9.17) is 28.4 Å². The first-order valence-corrected chi connectivity index (χ1v) is 23.8. The maximum Gasteiger partial charge on any atom is 0.339 e.